The van der Waals surface area contributed by atoms with Gasteiger partial charge in [-0.3, -0.25) is 4.79 Å². The molecule has 0 fully saturated rings. The van der Waals surface area contributed by atoms with E-state index in [1.54, 1.807) is 32.2 Å². The third-order valence-corrected chi connectivity index (χ3v) is 3.54. The topological polar surface area (TPSA) is 60.0 Å². The molecule has 0 unspecified atom stereocenters. The van der Waals surface area contributed by atoms with E-state index in [2.05, 4.69) is 21.0 Å². The minimum atomic E-state index is -0.114. The Bertz CT molecular complexity index is 848. The lowest BCUT2D eigenvalue weighted by molar-refractivity contribution is 0.207. The Balaban J connectivity index is 2.72. The molecule has 0 aliphatic heterocycles. The van der Waals surface area contributed by atoms with Crippen molar-refractivity contribution in [1.29, 1.82) is 0 Å². The highest BCUT2D eigenvalue weighted by molar-refractivity contribution is 9.10. The van der Waals surface area contributed by atoms with E-state index >= 15 is 0 Å². The lowest BCUT2D eigenvalue weighted by atomic mass is 10.1. The Morgan fingerprint density at radius 2 is 2.11 bits per heavy atom. The molecule has 0 aliphatic rings. The summed E-state index contributed by atoms with van der Waals surface area (Å²) < 4.78 is 3.32. The molecular formula is C12H10BrN3O2. The molecule has 0 saturated carbocycles. The number of rotatable bonds is 0. The second-order valence-electron chi connectivity index (χ2n) is 4.21. The number of benzene rings is 1. The standard InChI is InChI=1S/C12H10BrN3O2/c1-6-10-11(17)8-5-7(13)3-4-9(8)16(18)12(10)15(2)14-6/h3-5,18H,1-2H3. The first kappa shape index (κ1) is 11.3. The molecular weight excluding hydrogens is 298 g/mol. The maximum Gasteiger partial charge on any atom is 0.201 e. The second kappa shape index (κ2) is 3.58. The molecule has 0 radical (unpaired) electrons. The molecule has 6 heteroatoms. The van der Waals surface area contributed by atoms with Crippen molar-refractivity contribution in [2.24, 2.45) is 7.05 Å². The van der Waals surface area contributed by atoms with Crippen LogP contribution in [0.25, 0.3) is 21.9 Å². The average Bonchev–Trinajstić information content (AvgIpc) is 2.61. The van der Waals surface area contributed by atoms with Gasteiger partial charge in [-0.05, 0) is 25.1 Å². The van der Waals surface area contributed by atoms with Crippen LogP contribution >= 0.6 is 15.9 Å². The van der Waals surface area contributed by atoms with Crippen LogP contribution in [0.1, 0.15) is 5.69 Å². The van der Waals surface area contributed by atoms with Gasteiger partial charge in [0.05, 0.1) is 22.0 Å². The molecule has 1 N–H and O–H groups in total. The Labute approximate surface area is 110 Å². The van der Waals surface area contributed by atoms with E-state index in [1.807, 2.05) is 0 Å². The summed E-state index contributed by atoms with van der Waals surface area (Å²) >= 11 is 3.33. The van der Waals surface area contributed by atoms with Crippen molar-refractivity contribution < 1.29 is 5.21 Å². The first-order chi connectivity index (χ1) is 8.50. The third-order valence-electron chi connectivity index (χ3n) is 3.05. The van der Waals surface area contributed by atoms with Crippen molar-refractivity contribution in [3.8, 4) is 0 Å². The van der Waals surface area contributed by atoms with Gasteiger partial charge in [-0.15, -0.1) is 0 Å². The lowest BCUT2D eigenvalue weighted by Crippen LogP contribution is -2.11. The van der Waals surface area contributed by atoms with Crippen LogP contribution in [-0.2, 0) is 7.05 Å². The number of halogens is 1. The van der Waals surface area contributed by atoms with Crippen LogP contribution in [0.5, 0.6) is 0 Å². The zero-order valence-electron chi connectivity index (χ0n) is 9.81. The Kier molecular flexibility index (Phi) is 2.25. The van der Waals surface area contributed by atoms with Gasteiger partial charge < -0.3 is 5.21 Å². The summed E-state index contributed by atoms with van der Waals surface area (Å²) in [5.41, 5.74) is 1.38. The molecule has 5 nitrogen and oxygen atoms in total. The third kappa shape index (κ3) is 1.32. The SMILES string of the molecule is Cc1nn(C)c2c1c(=O)c1cc(Br)ccc1n2O. The van der Waals surface area contributed by atoms with E-state index in [0.29, 0.717) is 27.6 Å². The largest absolute Gasteiger partial charge is 0.426 e. The highest BCUT2D eigenvalue weighted by atomic mass is 79.9. The van der Waals surface area contributed by atoms with Crippen LogP contribution in [0.2, 0.25) is 0 Å². The summed E-state index contributed by atoms with van der Waals surface area (Å²) in [5, 5.41) is 15.3. The van der Waals surface area contributed by atoms with Crippen LogP contribution in [0.3, 0.4) is 0 Å². The fourth-order valence-corrected chi connectivity index (χ4v) is 2.64. The monoisotopic (exact) mass is 307 g/mol. The quantitative estimate of drug-likeness (QED) is 0.648. The minimum Gasteiger partial charge on any atom is -0.426 e. The van der Waals surface area contributed by atoms with E-state index in [9.17, 15) is 10.0 Å². The first-order valence-corrected chi connectivity index (χ1v) is 6.17. The van der Waals surface area contributed by atoms with Gasteiger partial charge in [-0.2, -0.15) is 9.83 Å². The van der Waals surface area contributed by atoms with Gasteiger partial charge in [0.2, 0.25) is 5.43 Å². The molecule has 3 aromatic rings. The van der Waals surface area contributed by atoms with Crippen molar-refractivity contribution in [1.82, 2.24) is 14.5 Å². The van der Waals surface area contributed by atoms with Crippen molar-refractivity contribution in [3.63, 3.8) is 0 Å². The van der Waals surface area contributed by atoms with Crippen LogP contribution in [0, 0.1) is 6.92 Å². The molecule has 0 spiro atoms. The van der Waals surface area contributed by atoms with Gasteiger partial charge >= 0.3 is 0 Å². The fourth-order valence-electron chi connectivity index (χ4n) is 2.28. The molecule has 2 aromatic heterocycles. The zero-order chi connectivity index (χ0) is 13.0. The molecule has 1 aromatic carbocycles. The summed E-state index contributed by atoms with van der Waals surface area (Å²) in [5.74, 6) is 0. The number of hydrogen-bond donors (Lipinski definition) is 1. The van der Waals surface area contributed by atoms with Gasteiger partial charge in [0.15, 0.2) is 5.65 Å². The van der Waals surface area contributed by atoms with E-state index in [-0.39, 0.29) is 5.43 Å². The molecule has 0 aliphatic carbocycles. The number of fused-ring (bicyclic) bond motifs is 2. The van der Waals surface area contributed by atoms with Gasteiger partial charge in [-0.25, -0.2) is 4.68 Å². The maximum absolute atomic E-state index is 12.4. The predicted molar refractivity (Wildman–Crippen MR) is 72.1 cm³/mol. The molecule has 0 bridgehead atoms. The summed E-state index contributed by atoms with van der Waals surface area (Å²) in [6.45, 7) is 1.76. The second-order valence-corrected chi connectivity index (χ2v) is 5.13. The van der Waals surface area contributed by atoms with E-state index in [0.717, 1.165) is 9.20 Å². The van der Waals surface area contributed by atoms with Crippen molar-refractivity contribution in [3.05, 3.63) is 38.6 Å². The number of aromatic nitrogens is 3. The van der Waals surface area contributed by atoms with Gasteiger partial charge in [0.25, 0.3) is 0 Å². The van der Waals surface area contributed by atoms with Crippen LogP contribution < -0.4 is 5.43 Å². The minimum absolute atomic E-state index is 0.114. The number of pyridine rings is 1. The maximum atomic E-state index is 12.4. The lowest BCUT2D eigenvalue weighted by Gasteiger charge is -2.07. The van der Waals surface area contributed by atoms with Gasteiger partial charge in [0.1, 0.15) is 0 Å². The summed E-state index contributed by atoms with van der Waals surface area (Å²) in [4.78, 5) is 12.4. The number of aryl methyl sites for hydroxylation is 2. The Hall–Kier alpha value is -1.82. The average molecular weight is 308 g/mol. The fraction of sp³-hybridized carbons (Fsp3) is 0.167. The van der Waals surface area contributed by atoms with E-state index < -0.39 is 0 Å². The van der Waals surface area contributed by atoms with Gasteiger partial charge in [-0.1, -0.05) is 15.9 Å². The predicted octanol–water partition coefficient (Wildman–Crippen LogP) is 2.20. The highest BCUT2D eigenvalue weighted by Crippen LogP contribution is 2.22. The normalized spacial score (nSPS) is 11.5. The first-order valence-electron chi connectivity index (χ1n) is 5.37. The number of nitrogens with zero attached hydrogens (tertiary/aromatic N) is 3. The molecule has 2 heterocycles. The smallest absolute Gasteiger partial charge is 0.201 e. The highest BCUT2D eigenvalue weighted by Gasteiger charge is 2.16. The summed E-state index contributed by atoms with van der Waals surface area (Å²) in [6.07, 6.45) is 0. The molecule has 0 saturated heterocycles. The molecule has 18 heavy (non-hydrogen) atoms. The molecule has 0 atom stereocenters. The molecule has 92 valence electrons. The van der Waals surface area contributed by atoms with Crippen molar-refractivity contribution in [2.45, 2.75) is 6.92 Å². The van der Waals surface area contributed by atoms with Gasteiger partial charge in [0, 0.05) is 11.5 Å². The van der Waals surface area contributed by atoms with Crippen molar-refractivity contribution in [2.75, 3.05) is 0 Å². The number of hydrogen-bond acceptors (Lipinski definition) is 3. The van der Waals surface area contributed by atoms with Crippen LogP contribution in [-0.4, -0.2) is 19.7 Å². The Morgan fingerprint density at radius 1 is 1.39 bits per heavy atom. The molecule has 3 rings (SSSR count). The Morgan fingerprint density at radius 3 is 2.83 bits per heavy atom. The zero-order valence-corrected chi connectivity index (χ0v) is 11.4. The summed E-state index contributed by atoms with van der Waals surface area (Å²) in [7, 11) is 1.70. The van der Waals surface area contributed by atoms with Crippen LogP contribution in [0.15, 0.2) is 27.5 Å². The summed E-state index contributed by atoms with van der Waals surface area (Å²) in [6, 6.07) is 5.18. The molecule has 0 amide bonds. The van der Waals surface area contributed by atoms with E-state index in [4.69, 9.17) is 0 Å². The van der Waals surface area contributed by atoms with Crippen molar-refractivity contribution >= 4 is 37.9 Å². The van der Waals surface area contributed by atoms with Crippen LogP contribution in [0.4, 0.5) is 0 Å². The van der Waals surface area contributed by atoms with E-state index in [1.165, 1.54) is 4.68 Å².